The predicted octanol–water partition coefficient (Wildman–Crippen LogP) is 3.54. The van der Waals surface area contributed by atoms with Crippen molar-refractivity contribution in [3.05, 3.63) is 12.2 Å². The maximum atomic E-state index is 13.4. The second-order valence-electron chi connectivity index (χ2n) is 26.6. The van der Waals surface area contributed by atoms with Gasteiger partial charge in [-0.1, -0.05) is 48.5 Å². The van der Waals surface area contributed by atoms with Gasteiger partial charge in [0.1, 0.15) is 0 Å². The van der Waals surface area contributed by atoms with Gasteiger partial charge in [0, 0.05) is 126 Å². The summed E-state index contributed by atoms with van der Waals surface area (Å²) in [6.07, 6.45) is 4.54. The molecule has 0 bridgehead atoms. The maximum Gasteiger partial charge on any atom is 0.309 e. The molecule has 1 aliphatic heterocycles. The van der Waals surface area contributed by atoms with Crippen LogP contribution in [0.5, 0.6) is 0 Å². The number of nitrogens with zero attached hydrogens (tertiary/aromatic N) is 2. The Hall–Kier alpha value is -6.13. The average Bonchev–Trinajstić information content (AvgIpc) is 1.88. The minimum absolute atomic E-state index is 0.0513. The summed E-state index contributed by atoms with van der Waals surface area (Å²) in [7, 11) is 0. The van der Waals surface area contributed by atoms with Crippen LogP contribution < -0.4 is 31.9 Å². The molecule has 1 heterocycles. The molecule has 4 unspecified atom stereocenters. The zero-order valence-electron chi connectivity index (χ0n) is 57.0. The van der Waals surface area contributed by atoms with Crippen molar-refractivity contribution in [1.82, 2.24) is 41.7 Å². The van der Waals surface area contributed by atoms with Gasteiger partial charge in [-0.25, -0.2) is 0 Å². The molecule has 0 spiro atoms. The van der Waals surface area contributed by atoms with Crippen LogP contribution in [-0.4, -0.2) is 222 Å². The molecule has 0 radical (unpaired) electrons. The van der Waals surface area contributed by atoms with Gasteiger partial charge < -0.3 is 75.4 Å². The zero-order chi connectivity index (χ0) is 69.0. The number of aliphatic carboxylic acids is 2. The Labute approximate surface area is 539 Å². The normalized spacial score (nSPS) is 14.3. The molecule has 27 nitrogen and oxygen atoms in total. The lowest BCUT2D eigenvalue weighted by molar-refractivity contribution is -0.151. The molecule has 0 saturated heterocycles. The SMILES string of the molecule is CC(CCNC(=O)CCOCCNC(=O)CCOCCN(CCC(C)OCCC(C)C(=O)NCCC(C)OCCC(C)(C)C(=O)NCCOCCNC(=O)C(C)(C)CC(C)(C)C(=O)O)C(=O)CCN1C(=O)C=CC1=O)OCCNC(=O)C(C)(C)CC(C)(C)C(=O)O. The van der Waals surface area contributed by atoms with E-state index in [0.717, 1.165) is 17.1 Å². The Morgan fingerprint density at radius 1 is 0.451 bits per heavy atom. The molecule has 0 aromatic heterocycles. The molecule has 0 aliphatic carbocycles. The number of carboxylic acids is 2. The molecule has 91 heavy (non-hydrogen) atoms. The third kappa shape index (κ3) is 35.5. The number of amides is 9. The Balaban J connectivity index is 2.34. The fourth-order valence-electron chi connectivity index (χ4n) is 9.55. The molecule has 9 amide bonds. The number of nitrogens with one attached hydrogen (secondary N) is 6. The van der Waals surface area contributed by atoms with E-state index in [1.165, 1.54) is 0 Å². The standard InChI is InChI=1S/C64H112N8O19/c1-45(54(78)67-26-18-46(2)90-37-24-60(5,6)55(79)68-28-39-88-40-29-69-56(80)61(7,8)43-63(11,12)58(82)83)21-36-89-48(4)19-31-71(51(75)20-32-72-52(76)15-16-53(72)77)33-42-87-35-23-50(74)66-27-38-86-34-22-49(73)65-25-17-47(3)91-41-30-70-57(81)62(9,10)44-64(13,14)59(84)85/h15-16,45-48H,17-44H2,1-14H3,(H,65,73)(H,66,74)(H,67,78)(H,68,79)(H,69,80)(H,70,81)(H,82,83)(H,84,85). The summed E-state index contributed by atoms with van der Waals surface area (Å²) >= 11 is 0. The maximum absolute atomic E-state index is 13.4. The highest BCUT2D eigenvalue weighted by Crippen LogP contribution is 2.35. The van der Waals surface area contributed by atoms with Crippen molar-refractivity contribution in [2.45, 2.75) is 179 Å². The molecule has 0 aromatic carbocycles. The van der Waals surface area contributed by atoms with Gasteiger partial charge in [-0.15, -0.1) is 0 Å². The lowest BCUT2D eigenvalue weighted by Crippen LogP contribution is -2.43. The second kappa shape index (κ2) is 42.2. The third-order valence-electron chi connectivity index (χ3n) is 15.5. The molecular weight excluding hydrogens is 1180 g/mol. The number of ether oxygens (including phenoxy) is 6. The molecular formula is C64H112N8O19. The van der Waals surface area contributed by atoms with Crippen LogP contribution in [0.3, 0.4) is 0 Å². The third-order valence-corrected chi connectivity index (χ3v) is 15.5. The minimum Gasteiger partial charge on any atom is -0.481 e. The highest BCUT2D eigenvalue weighted by atomic mass is 16.5. The summed E-state index contributed by atoms with van der Waals surface area (Å²) < 4.78 is 34.5. The summed E-state index contributed by atoms with van der Waals surface area (Å²) in [5.41, 5.74) is -4.57. The van der Waals surface area contributed by atoms with Gasteiger partial charge in [-0.05, 0) is 93.4 Å². The number of carbonyl (C=O) groups excluding carboxylic acids is 9. The predicted molar refractivity (Wildman–Crippen MR) is 339 cm³/mol. The van der Waals surface area contributed by atoms with Gasteiger partial charge in [0.2, 0.25) is 41.4 Å². The molecule has 8 N–H and O–H groups in total. The van der Waals surface area contributed by atoms with Crippen LogP contribution in [0.1, 0.15) is 161 Å². The lowest BCUT2D eigenvalue weighted by Gasteiger charge is -2.31. The summed E-state index contributed by atoms with van der Waals surface area (Å²) in [6, 6.07) is 0. The van der Waals surface area contributed by atoms with Gasteiger partial charge in [0.15, 0.2) is 0 Å². The van der Waals surface area contributed by atoms with E-state index in [9.17, 15) is 63.0 Å². The highest BCUT2D eigenvalue weighted by molar-refractivity contribution is 6.13. The quantitative estimate of drug-likeness (QED) is 0.0319. The van der Waals surface area contributed by atoms with E-state index < -0.39 is 50.8 Å². The number of carbonyl (C=O) groups is 11. The van der Waals surface area contributed by atoms with Crippen molar-refractivity contribution in [2.75, 3.05) is 118 Å². The van der Waals surface area contributed by atoms with Gasteiger partial charge in [0.25, 0.3) is 11.8 Å². The monoisotopic (exact) mass is 1300 g/mol. The Kier molecular flexibility index (Phi) is 38.4. The van der Waals surface area contributed by atoms with Gasteiger partial charge in [-0.3, -0.25) is 57.6 Å². The summed E-state index contributed by atoms with van der Waals surface area (Å²) in [6.45, 7) is 28.3. The van der Waals surface area contributed by atoms with E-state index in [-0.39, 0.29) is 190 Å². The molecule has 0 fully saturated rings. The minimum atomic E-state index is -1.05. The molecule has 1 rings (SSSR count). The summed E-state index contributed by atoms with van der Waals surface area (Å²) in [4.78, 5) is 139. The number of imide groups is 1. The number of rotatable bonds is 52. The van der Waals surface area contributed by atoms with Crippen LogP contribution in [0.25, 0.3) is 0 Å². The first kappa shape index (κ1) is 82.9. The molecule has 4 atom stereocenters. The Morgan fingerprint density at radius 2 is 0.857 bits per heavy atom. The van der Waals surface area contributed by atoms with Crippen molar-refractivity contribution in [2.24, 2.45) is 33.0 Å². The van der Waals surface area contributed by atoms with Crippen LogP contribution >= 0.6 is 0 Å². The van der Waals surface area contributed by atoms with Gasteiger partial charge in [-0.2, -0.15) is 0 Å². The van der Waals surface area contributed by atoms with Crippen molar-refractivity contribution in [1.29, 1.82) is 0 Å². The topological polar surface area (TPSA) is 362 Å². The molecule has 0 saturated carbocycles. The van der Waals surface area contributed by atoms with Crippen molar-refractivity contribution in [3.63, 3.8) is 0 Å². The van der Waals surface area contributed by atoms with E-state index in [2.05, 4.69) is 31.9 Å². The molecule has 27 heteroatoms. The van der Waals surface area contributed by atoms with Crippen LogP contribution in [0.2, 0.25) is 0 Å². The first-order valence-corrected chi connectivity index (χ1v) is 32.0. The Bertz CT molecular complexity index is 2340. The number of hydrogen-bond acceptors (Lipinski definition) is 17. The fourth-order valence-corrected chi connectivity index (χ4v) is 9.55. The molecule has 0 aromatic rings. The molecule has 1 aliphatic rings. The summed E-state index contributed by atoms with van der Waals surface area (Å²) in [5, 5.41) is 35.8. The van der Waals surface area contributed by atoms with E-state index >= 15 is 0 Å². The number of carboxylic acid groups (broad SMARTS) is 2. The van der Waals surface area contributed by atoms with E-state index in [1.54, 1.807) is 60.3 Å². The molecule has 522 valence electrons. The Morgan fingerprint density at radius 3 is 1.36 bits per heavy atom. The summed E-state index contributed by atoms with van der Waals surface area (Å²) in [5.74, 6) is -4.84. The largest absolute Gasteiger partial charge is 0.481 e. The smallest absolute Gasteiger partial charge is 0.309 e. The van der Waals surface area contributed by atoms with Crippen molar-refractivity contribution < 1.29 is 91.4 Å². The van der Waals surface area contributed by atoms with E-state index in [1.807, 2.05) is 41.5 Å². The second-order valence-corrected chi connectivity index (χ2v) is 26.6. The van der Waals surface area contributed by atoms with Crippen LogP contribution in [0.15, 0.2) is 12.2 Å². The fraction of sp³-hybridized carbons (Fsp3) is 0.797. The first-order valence-electron chi connectivity index (χ1n) is 32.0. The van der Waals surface area contributed by atoms with Crippen LogP contribution in [-0.2, 0) is 81.2 Å². The van der Waals surface area contributed by atoms with E-state index in [4.69, 9.17) is 28.4 Å². The number of hydrogen-bond donors (Lipinski definition) is 8. The zero-order valence-corrected chi connectivity index (χ0v) is 57.0. The average molecular weight is 1300 g/mol. The van der Waals surface area contributed by atoms with Crippen LogP contribution in [0.4, 0.5) is 0 Å². The van der Waals surface area contributed by atoms with Crippen molar-refractivity contribution >= 4 is 65.1 Å². The first-order chi connectivity index (χ1) is 42.4. The van der Waals surface area contributed by atoms with Crippen molar-refractivity contribution in [3.8, 4) is 0 Å². The van der Waals surface area contributed by atoms with Gasteiger partial charge in [0.05, 0.1) is 75.4 Å². The van der Waals surface area contributed by atoms with E-state index in [0.29, 0.717) is 58.4 Å². The highest BCUT2D eigenvalue weighted by Gasteiger charge is 2.40. The van der Waals surface area contributed by atoms with Gasteiger partial charge >= 0.3 is 11.9 Å². The van der Waals surface area contributed by atoms with Crippen LogP contribution in [0, 0.1) is 33.0 Å². The lowest BCUT2D eigenvalue weighted by atomic mass is 9.74.